The van der Waals surface area contributed by atoms with Crippen molar-refractivity contribution in [3.8, 4) is 5.88 Å². The Morgan fingerprint density at radius 3 is 2.79 bits per heavy atom. The molecule has 1 aliphatic carbocycles. The monoisotopic (exact) mass is 457 g/mol. The summed E-state index contributed by atoms with van der Waals surface area (Å²) in [7, 11) is 0. The van der Waals surface area contributed by atoms with Crippen LogP contribution in [-0.2, 0) is 11.2 Å². The van der Waals surface area contributed by atoms with Gasteiger partial charge in [0.15, 0.2) is 0 Å². The van der Waals surface area contributed by atoms with E-state index in [9.17, 15) is 9.59 Å². The van der Waals surface area contributed by atoms with Crippen molar-refractivity contribution in [1.82, 2.24) is 15.6 Å². The van der Waals surface area contributed by atoms with Gasteiger partial charge in [0.05, 0.1) is 27.3 Å². The molecule has 10 heteroatoms. The van der Waals surface area contributed by atoms with E-state index in [1.807, 2.05) is 24.3 Å². The average molecular weight is 459 g/mol. The Balaban J connectivity index is 1.48. The molecule has 146 valence electrons. The number of thiophene rings is 1. The summed E-state index contributed by atoms with van der Waals surface area (Å²) in [5, 5.41) is 6.07. The number of ether oxygens (including phenoxy) is 1. The molecular formula is C18H14Cl3N3O3S. The van der Waals surface area contributed by atoms with Crippen LogP contribution in [0.15, 0.2) is 30.3 Å². The first-order valence-electron chi connectivity index (χ1n) is 8.34. The maximum Gasteiger partial charge on any atom is 0.414 e. The molecule has 3 N–H and O–H groups in total. The molecule has 0 unspecified atom stereocenters. The summed E-state index contributed by atoms with van der Waals surface area (Å²) in [6, 6.07) is 8.62. The number of H-pyrrole nitrogens is 1. The van der Waals surface area contributed by atoms with Crippen LogP contribution < -0.4 is 15.4 Å². The van der Waals surface area contributed by atoms with Gasteiger partial charge in [0, 0.05) is 6.07 Å². The van der Waals surface area contributed by atoms with Gasteiger partial charge in [-0.1, -0.05) is 47.5 Å². The van der Waals surface area contributed by atoms with E-state index in [2.05, 4.69) is 15.6 Å². The van der Waals surface area contributed by atoms with E-state index in [0.717, 1.165) is 15.8 Å². The number of amides is 2. The molecule has 0 aliphatic heterocycles. The first-order chi connectivity index (χ1) is 13.5. The van der Waals surface area contributed by atoms with E-state index in [-0.39, 0.29) is 29.8 Å². The lowest BCUT2D eigenvalue weighted by molar-refractivity contribution is -0.119. The number of carbonyl (C=O) groups is 2. The van der Waals surface area contributed by atoms with Crippen molar-refractivity contribution in [2.75, 3.05) is 5.88 Å². The number of hydrogen-bond donors (Lipinski definition) is 3. The maximum atomic E-state index is 12.4. The van der Waals surface area contributed by atoms with Crippen LogP contribution in [0, 0.1) is 0 Å². The standard InChI is InChI=1S/C18H14Cl3N3O3S/c19-7-12(25)23-15-9-4-2-1-3-8(9)5-10(15)22-18(26)27-13-6-11-16(24-13)14(20)17(21)28-11/h1-4,6,10,15,24H,5,7H2,(H,22,26)(H,23,25)/t10-,15-/m1/s1. The Labute approximate surface area is 179 Å². The predicted octanol–water partition coefficient (Wildman–Crippen LogP) is 4.65. The molecule has 2 amide bonds. The SMILES string of the molecule is O=C(CCl)N[C@@H]1c2ccccc2C[C@H]1NC(=O)Oc1cc2sc(Cl)c(Cl)c2[nH]1. The van der Waals surface area contributed by atoms with E-state index in [1.54, 1.807) is 6.07 Å². The second-order valence-electron chi connectivity index (χ2n) is 6.28. The fourth-order valence-electron chi connectivity index (χ4n) is 3.35. The number of aromatic amines is 1. The number of fused-ring (bicyclic) bond motifs is 2. The van der Waals surface area contributed by atoms with Crippen LogP contribution in [0.1, 0.15) is 17.2 Å². The van der Waals surface area contributed by atoms with Crippen molar-refractivity contribution in [3.05, 3.63) is 50.8 Å². The molecule has 28 heavy (non-hydrogen) atoms. The lowest BCUT2D eigenvalue weighted by Crippen LogP contribution is -2.45. The molecular weight excluding hydrogens is 445 g/mol. The molecule has 3 aromatic rings. The number of aromatic nitrogens is 1. The normalized spacial score (nSPS) is 18.1. The van der Waals surface area contributed by atoms with Crippen molar-refractivity contribution in [2.45, 2.75) is 18.5 Å². The van der Waals surface area contributed by atoms with Gasteiger partial charge in [0.25, 0.3) is 0 Å². The Morgan fingerprint density at radius 2 is 2.04 bits per heavy atom. The smallest absolute Gasteiger partial charge is 0.393 e. The fourth-order valence-corrected chi connectivity index (χ4v) is 4.90. The molecule has 0 spiro atoms. The number of halogens is 3. The molecule has 0 fully saturated rings. The van der Waals surface area contributed by atoms with Crippen LogP contribution in [0.5, 0.6) is 5.88 Å². The van der Waals surface area contributed by atoms with E-state index in [4.69, 9.17) is 39.5 Å². The van der Waals surface area contributed by atoms with Gasteiger partial charge in [-0.25, -0.2) is 4.79 Å². The minimum atomic E-state index is -0.640. The van der Waals surface area contributed by atoms with Gasteiger partial charge in [-0.05, 0) is 17.5 Å². The predicted molar refractivity (Wildman–Crippen MR) is 111 cm³/mol. The average Bonchev–Trinajstić information content (AvgIpc) is 3.29. The first kappa shape index (κ1) is 19.4. The zero-order valence-corrected chi connectivity index (χ0v) is 17.3. The summed E-state index contributed by atoms with van der Waals surface area (Å²) >= 11 is 19.0. The van der Waals surface area contributed by atoms with Crippen LogP contribution in [-0.4, -0.2) is 28.9 Å². The Morgan fingerprint density at radius 1 is 1.25 bits per heavy atom. The molecule has 0 saturated carbocycles. The molecule has 0 saturated heterocycles. The highest BCUT2D eigenvalue weighted by molar-refractivity contribution is 7.23. The third-order valence-electron chi connectivity index (χ3n) is 4.52. The van der Waals surface area contributed by atoms with Gasteiger partial charge >= 0.3 is 6.09 Å². The fraction of sp³-hybridized carbons (Fsp3) is 0.222. The van der Waals surface area contributed by atoms with E-state index >= 15 is 0 Å². The molecule has 1 aliphatic rings. The number of alkyl halides is 1. The Bertz CT molecular complexity index is 1060. The summed E-state index contributed by atoms with van der Waals surface area (Å²) in [6.45, 7) is 0. The van der Waals surface area contributed by atoms with Crippen molar-refractivity contribution < 1.29 is 14.3 Å². The highest BCUT2D eigenvalue weighted by Crippen LogP contribution is 2.40. The van der Waals surface area contributed by atoms with Crippen molar-refractivity contribution in [3.63, 3.8) is 0 Å². The highest BCUT2D eigenvalue weighted by atomic mass is 35.5. The zero-order valence-electron chi connectivity index (χ0n) is 14.2. The number of rotatable bonds is 4. The van der Waals surface area contributed by atoms with Crippen molar-refractivity contribution in [2.24, 2.45) is 0 Å². The van der Waals surface area contributed by atoms with Crippen molar-refractivity contribution >= 4 is 68.4 Å². The Kier molecular flexibility index (Phi) is 5.42. The van der Waals surface area contributed by atoms with Crippen LogP contribution in [0.2, 0.25) is 9.36 Å². The van der Waals surface area contributed by atoms with E-state index in [0.29, 0.717) is 21.3 Å². The van der Waals surface area contributed by atoms with Gasteiger partial charge in [-0.3, -0.25) is 4.79 Å². The molecule has 6 nitrogen and oxygen atoms in total. The van der Waals surface area contributed by atoms with Crippen LogP contribution >= 0.6 is 46.1 Å². The summed E-state index contributed by atoms with van der Waals surface area (Å²) in [5.74, 6) is -0.202. The molecule has 0 radical (unpaired) electrons. The summed E-state index contributed by atoms with van der Waals surface area (Å²) in [5.41, 5.74) is 2.63. The summed E-state index contributed by atoms with van der Waals surface area (Å²) < 4.78 is 6.62. The molecule has 2 heterocycles. The number of hydrogen-bond acceptors (Lipinski definition) is 4. The minimum absolute atomic E-state index is 0.154. The number of nitrogens with one attached hydrogen (secondary N) is 3. The van der Waals surface area contributed by atoms with Gasteiger partial charge in [0.1, 0.15) is 10.2 Å². The second kappa shape index (κ2) is 7.83. The molecule has 4 rings (SSSR count). The van der Waals surface area contributed by atoms with Gasteiger partial charge < -0.3 is 20.4 Å². The summed E-state index contributed by atoms with van der Waals surface area (Å²) in [4.78, 5) is 27.2. The Hall–Kier alpha value is -1.93. The molecule has 2 atom stereocenters. The topological polar surface area (TPSA) is 83.2 Å². The third-order valence-corrected chi connectivity index (χ3v) is 6.70. The molecule has 0 bridgehead atoms. The second-order valence-corrected chi connectivity index (χ2v) is 8.58. The van der Waals surface area contributed by atoms with E-state index < -0.39 is 6.09 Å². The molecule has 2 aromatic heterocycles. The minimum Gasteiger partial charge on any atom is -0.393 e. The highest BCUT2D eigenvalue weighted by Gasteiger charge is 2.34. The van der Waals surface area contributed by atoms with Crippen LogP contribution in [0.3, 0.4) is 0 Å². The number of carbonyl (C=O) groups excluding carboxylic acids is 2. The zero-order chi connectivity index (χ0) is 19.8. The van der Waals surface area contributed by atoms with Gasteiger partial charge in [-0.15, -0.1) is 22.9 Å². The number of benzene rings is 1. The quantitative estimate of drug-likeness (QED) is 0.498. The van der Waals surface area contributed by atoms with Gasteiger partial charge in [0.2, 0.25) is 11.8 Å². The molecule has 1 aromatic carbocycles. The van der Waals surface area contributed by atoms with E-state index in [1.165, 1.54) is 11.3 Å². The first-order valence-corrected chi connectivity index (χ1v) is 10.4. The van der Waals surface area contributed by atoms with Crippen LogP contribution in [0.4, 0.5) is 4.79 Å². The van der Waals surface area contributed by atoms with Gasteiger partial charge in [-0.2, -0.15) is 0 Å². The van der Waals surface area contributed by atoms with Crippen LogP contribution in [0.25, 0.3) is 10.2 Å². The third kappa shape index (κ3) is 3.67. The lowest BCUT2D eigenvalue weighted by atomic mass is 10.1. The largest absolute Gasteiger partial charge is 0.414 e. The lowest BCUT2D eigenvalue weighted by Gasteiger charge is -2.22. The van der Waals surface area contributed by atoms with Crippen molar-refractivity contribution in [1.29, 1.82) is 0 Å². The summed E-state index contributed by atoms with van der Waals surface area (Å²) in [6.07, 6.45) is -0.0706. The maximum absolute atomic E-state index is 12.4.